The first-order valence-corrected chi connectivity index (χ1v) is 5.85. The Hall–Kier alpha value is -0.870. The SMILES string of the molecule is COCC(CNCC(C)C)n1ccc(C)n1. The quantitative estimate of drug-likeness (QED) is 0.766. The van der Waals surface area contributed by atoms with Crippen LogP contribution in [0.15, 0.2) is 12.3 Å². The summed E-state index contributed by atoms with van der Waals surface area (Å²) in [6.45, 7) is 9.02. The van der Waals surface area contributed by atoms with Crippen LogP contribution in [0.1, 0.15) is 25.6 Å². The van der Waals surface area contributed by atoms with Crippen molar-refractivity contribution in [2.75, 3.05) is 26.8 Å². The molecule has 1 heterocycles. The van der Waals surface area contributed by atoms with Gasteiger partial charge in [0.05, 0.1) is 18.3 Å². The molecule has 0 saturated carbocycles. The lowest BCUT2D eigenvalue weighted by Gasteiger charge is -2.18. The lowest BCUT2D eigenvalue weighted by Crippen LogP contribution is -2.31. The second-order valence-corrected chi connectivity index (χ2v) is 4.60. The Kier molecular flexibility index (Phi) is 5.49. The van der Waals surface area contributed by atoms with Crippen LogP contribution in [0, 0.1) is 12.8 Å². The van der Waals surface area contributed by atoms with Crippen LogP contribution in [0.3, 0.4) is 0 Å². The van der Waals surface area contributed by atoms with Crippen molar-refractivity contribution >= 4 is 0 Å². The molecule has 0 amide bonds. The third-order valence-electron chi connectivity index (χ3n) is 2.41. The Bertz CT molecular complexity index is 296. The van der Waals surface area contributed by atoms with Gasteiger partial charge in [-0.1, -0.05) is 13.8 Å². The number of aromatic nitrogens is 2. The molecule has 1 rings (SSSR count). The van der Waals surface area contributed by atoms with E-state index in [2.05, 4.69) is 24.3 Å². The van der Waals surface area contributed by atoms with Crippen LogP contribution in [-0.4, -0.2) is 36.6 Å². The van der Waals surface area contributed by atoms with Gasteiger partial charge in [0.25, 0.3) is 0 Å². The van der Waals surface area contributed by atoms with E-state index in [9.17, 15) is 0 Å². The van der Waals surface area contributed by atoms with Crippen molar-refractivity contribution < 1.29 is 4.74 Å². The number of rotatable bonds is 7. The van der Waals surface area contributed by atoms with E-state index < -0.39 is 0 Å². The summed E-state index contributed by atoms with van der Waals surface area (Å²) in [4.78, 5) is 0. The molecule has 0 radical (unpaired) electrons. The highest BCUT2D eigenvalue weighted by Crippen LogP contribution is 2.06. The Morgan fingerprint density at radius 1 is 1.44 bits per heavy atom. The molecule has 0 aliphatic rings. The highest BCUT2D eigenvalue weighted by atomic mass is 16.5. The predicted octanol–water partition coefficient (Wildman–Crippen LogP) is 1.62. The molecule has 4 nitrogen and oxygen atoms in total. The molecule has 1 unspecified atom stereocenters. The lowest BCUT2D eigenvalue weighted by molar-refractivity contribution is 0.147. The summed E-state index contributed by atoms with van der Waals surface area (Å²) in [5, 5.41) is 7.86. The minimum atomic E-state index is 0.275. The van der Waals surface area contributed by atoms with Crippen molar-refractivity contribution in [1.29, 1.82) is 0 Å². The second kappa shape index (κ2) is 6.66. The van der Waals surface area contributed by atoms with Crippen LogP contribution in [-0.2, 0) is 4.74 Å². The third kappa shape index (κ3) is 4.33. The molecule has 0 aliphatic heterocycles. The molecule has 0 aliphatic carbocycles. The molecule has 4 heteroatoms. The van der Waals surface area contributed by atoms with Crippen LogP contribution in [0.5, 0.6) is 0 Å². The van der Waals surface area contributed by atoms with E-state index in [-0.39, 0.29) is 6.04 Å². The topological polar surface area (TPSA) is 39.1 Å². The zero-order valence-corrected chi connectivity index (χ0v) is 10.7. The maximum absolute atomic E-state index is 5.22. The van der Waals surface area contributed by atoms with Crippen molar-refractivity contribution in [3.63, 3.8) is 0 Å². The maximum Gasteiger partial charge on any atom is 0.0876 e. The normalized spacial score (nSPS) is 13.3. The van der Waals surface area contributed by atoms with Gasteiger partial charge >= 0.3 is 0 Å². The standard InChI is InChI=1S/C12H23N3O/c1-10(2)7-13-8-12(9-16-4)15-6-5-11(3)14-15/h5-6,10,12-13H,7-9H2,1-4H3. The van der Waals surface area contributed by atoms with E-state index in [0.717, 1.165) is 18.8 Å². The molecule has 0 fully saturated rings. The van der Waals surface area contributed by atoms with Crippen LogP contribution in [0.25, 0.3) is 0 Å². The Morgan fingerprint density at radius 3 is 2.69 bits per heavy atom. The first kappa shape index (κ1) is 13.2. The van der Waals surface area contributed by atoms with E-state index in [1.54, 1.807) is 7.11 Å². The first-order valence-electron chi connectivity index (χ1n) is 5.85. The molecule has 1 aromatic rings. The van der Waals surface area contributed by atoms with Gasteiger partial charge in [-0.25, -0.2) is 0 Å². The van der Waals surface area contributed by atoms with Crippen LogP contribution < -0.4 is 5.32 Å². The minimum absolute atomic E-state index is 0.275. The molecule has 92 valence electrons. The average Bonchev–Trinajstić information content (AvgIpc) is 2.63. The molecule has 1 N–H and O–H groups in total. The highest BCUT2D eigenvalue weighted by molar-refractivity contribution is 4.96. The van der Waals surface area contributed by atoms with E-state index in [4.69, 9.17) is 4.74 Å². The fourth-order valence-corrected chi connectivity index (χ4v) is 1.60. The van der Waals surface area contributed by atoms with Crippen LogP contribution in [0.2, 0.25) is 0 Å². The van der Waals surface area contributed by atoms with Gasteiger partial charge < -0.3 is 10.1 Å². The monoisotopic (exact) mass is 225 g/mol. The van der Waals surface area contributed by atoms with Crippen molar-refractivity contribution in [2.24, 2.45) is 5.92 Å². The maximum atomic E-state index is 5.22. The molecular weight excluding hydrogens is 202 g/mol. The van der Waals surface area contributed by atoms with Gasteiger partial charge in [-0.3, -0.25) is 4.68 Å². The van der Waals surface area contributed by atoms with Crippen molar-refractivity contribution in [1.82, 2.24) is 15.1 Å². The molecule has 0 spiro atoms. The number of hydrogen-bond donors (Lipinski definition) is 1. The van der Waals surface area contributed by atoms with Gasteiger partial charge in [-0.2, -0.15) is 5.10 Å². The van der Waals surface area contributed by atoms with Gasteiger partial charge in [0, 0.05) is 19.9 Å². The van der Waals surface area contributed by atoms with Gasteiger partial charge in [0.1, 0.15) is 0 Å². The zero-order valence-electron chi connectivity index (χ0n) is 10.7. The third-order valence-corrected chi connectivity index (χ3v) is 2.41. The van der Waals surface area contributed by atoms with Gasteiger partial charge in [-0.05, 0) is 25.5 Å². The number of methoxy groups -OCH3 is 1. The first-order chi connectivity index (χ1) is 7.63. The molecule has 1 atom stereocenters. The largest absolute Gasteiger partial charge is 0.382 e. The number of ether oxygens (including phenoxy) is 1. The number of hydrogen-bond acceptors (Lipinski definition) is 3. The summed E-state index contributed by atoms with van der Waals surface area (Å²) >= 11 is 0. The lowest BCUT2D eigenvalue weighted by atomic mass is 10.2. The number of aryl methyl sites for hydroxylation is 1. The Morgan fingerprint density at radius 2 is 2.19 bits per heavy atom. The fraction of sp³-hybridized carbons (Fsp3) is 0.750. The Balaban J connectivity index is 2.47. The predicted molar refractivity (Wildman–Crippen MR) is 65.6 cm³/mol. The van der Waals surface area contributed by atoms with Crippen molar-refractivity contribution in [3.05, 3.63) is 18.0 Å². The summed E-state index contributed by atoms with van der Waals surface area (Å²) < 4.78 is 7.20. The number of nitrogens with zero attached hydrogens (tertiary/aromatic N) is 2. The van der Waals surface area contributed by atoms with Gasteiger partial charge in [-0.15, -0.1) is 0 Å². The zero-order chi connectivity index (χ0) is 12.0. The van der Waals surface area contributed by atoms with E-state index >= 15 is 0 Å². The molecule has 1 aromatic heterocycles. The van der Waals surface area contributed by atoms with E-state index in [1.165, 1.54) is 0 Å². The van der Waals surface area contributed by atoms with Gasteiger partial charge in [0.15, 0.2) is 0 Å². The van der Waals surface area contributed by atoms with Crippen LogP contribution >= 0.6 is 0 Å². The van der Waals surface area contributed by atoms with E-state index in [0.29, 0.717) is 12.5 Å². The molecule has 0 aromatic carbocycles. The van der Waals surface area contributed by atoms with Gasteiger partial charge in [0.2, 0.25) is 0 Å². The summed E-state index contributed by atoms with van der Waals surface area (Å²) in [5.74, 6) is 0.669. The second-order valence-electron chi connectivity index (χ2n) is 4.60. The molecule has 0 bridgehead atoms. The summed E-state index contributed by atoms with van der Waals surface area (Å²) in [6, 6.07) is 2.29. The van der Waals surface area contributed by atoms with Crippen molar-refractivity contribution in [3.8, 4) is 0 Å². The number of nitrogens with one attached hydrogen (secondary N) is 1. The van der Waals surface area contributed by atoms with Crippen molar-refractivity contribution in [2.45, 2.75) is 26.8 Å². The molecule has 0 saturated heterocycles. The average molecular weight is 225 g/mol. The van der Waals surface area contributed by atoms with Crippen LogP contribution in [0.4, 0.5) is 0 Å². The minimum Gasteiger partial charge on any atom is -0.382 e. The summed E-state index contributed by atoms with van der Waals surface area (Å²) in [6.07, 6.45) is 2.01. The fourth-order valence-electron chi connectivity index (χ4n) is 1.60. The highest BCUT2D eigenvalue weighted by Gasteiger charge is 2.11. The smallest absolute Gasteiger partial charge is 0.0876 e. The molecule has 16 heavy (non-hydrogen) atoms. The summed E-state index contributed by atoms with van der Waals surface area (Å²) in [7, 11) is 1.73. The molecular formula is C12H23N3O. The Labute approximate surface area is 98.0 Å². The summed E-state index contributed by atoms with van der Waals surface area (Å²) in [5.41, 5.74) is 1.05. The van der Waals surface area contributed by atoms with E-state index in [1.807, 2.05) is 23.9 Å².